The van der Waals surface area contributed by atoms with Gasteiger partial charge in [-0.3, -0.25) is 0 Å². The van der Waals surface area contributed by atoms with Gasteiger partial charge in [0.15, 0.2) is 11.5 Å². The molecule has 1 aliphatic rings. The van der Waals surface area contributed by atoms with Crippen LogP contribution in [0.4, 0.5) is 11.6 Å². The van der Waals surface area contributed by atoms with E-state index in [1.165, 1.54) is 26.4 Å². The van der Waals surface area contributed by atoms with Crippen molar-refractivity contribution in [2.24, 2.45) is 0 Å². The van der Waals surface area contributed by atoms with E-state index in [0.717, 1.165) is 0 Å². The maximum Gasteiger partial charge on any atom is 0.238 e. The number of rotatable bonds is 7. The van der Waals surface area contributed by atoms with Gasteiger partial charge in [0.1, 0.15) is 24.7 Å². The topological polar surface area (TPSA) is 109 Å². The molecule has 0 radical (unpaired) electrons. The van der Waals surface area contributed by atoms with Crippen molar-refractivity contribution in [2.45, 2.75) is 9.92 Å². The minimum absolute atomic E-state index is 0.00953. The quantitative estimate of drug-likeness (QED) is 0.391. The van der Waals surface area contributed by atoms with Gasteiger partial charge in [0.25, 0.3) is 0 Å². The van der Waals surface area contributed by atoms with Gasteiger partial charge in [-0.2, -0.15) is 4.98 Å². The van der Waals surface area contributed by atoms with E-state index >= 15 is 0 Å². The molecule has 0 saturated heterocycles. The highest BCUT2D eigenvalue weighted by molar-refractivity contribution is 7.91. The van der Waals surface area contributed by atoms with Crippen LogP contribution in [-0.2, 0) is 9.84 Å². The van der Waals surface area contributed by atoms with Crippen LogP contribution in [0.5, 0.6) is 23.0 Å². The van der Waals surface area contributed by atoms with Crippen molar-refractivity contribution < 1.29 is 31.8 Å². The van der Waals surface area contributed by atoms with E-state index < -0.39 is 9.84 Å². The number of benzene rings is 3. The largest absolute Gasteiger partial charge is 0.496 e. The standard InChI is InChI=1S/C25H22N2O7S/c1-30-19-9-5-3-7-17(19)23-27-25(24(34-23)26-18-8-4-6-10-20(18)31-2)35(28,29)16-11-12-21-22(15-16)33-14-13-32-21/h3-12,15,26H,13-14H2,1-2H3. The molecule has 35 heavy (non-hydrogen) atoms. The predicted molar refractivity (Wildman–Crippen MR) is 128 cm³/mol. The summed E-state index contributed by atoms with van der Waals surface area (Å²) in [7, 11) is -1.10. The number of oxazole rings is 1. The molecule has 0 aliphatic carbocycles. The summed E-state index contributed by atoms with van der Waals surface area (Å²) in [6, 6.07) is 18.6. The monoisotopic (exact) mass is 494 g/mol. The van der Waals surface area contributed by atoms with Crippen molar-refractivity contribution in [3.05, 3.63) is 66.7 Å². The second-order valence-corrected chi connectivity index (χ2v) is 9.35. The van der Waals surface area contributed by atoms with Crippen LogP contribution in [0, 0.1) is 0 Å². The van der Waals surface area contributed by atoms with Crippen LogP contribution in [0.1, 0.15) is 0 Å². The van der Waals surface area contributed by atoms with Gasteiger partial charge in [0.05, 0.1) is 30.4 Å². The maximum atomic E-state index is 13.8. The highest BCUT2D eigenvalue weighted by Crippen LogP contribution is 2.40. The zero-order valence-electron chi connectivity index (χ0n) is 19.0. The zero-order valence-corrected chi connectivity index (χ0v) is 19.8. The first-order valence-corrected chi connectivity index (χ1v) is 12.2. The average Bonchev–Trinajstić information content (AvgIpc) is 3.33. The van der Waals surface area contributed by atoms with Crippen LogP contribution in [0.3, 0.4) is 0 Å². The second-order valence-electron chi connectivity index (χ2n) is 7.49. The molecule has 0 fully saturated rings. The molecule has 0 bridgehead atoms. The number of hydrogen-bond donors (Lipinski definition) is 1. The lowest BCUT2D eigenvalue weighted by atomic mass is 10.2. The zero-order chi connectivity index (χ0) is 24.4. The van der Waals surface area contributed by atoms with Crippen LogP contribution in [0.15, 0.2) is 81.1 Å². The number of ether oxygens (including phenoxy) is 4. The maximum absolute atomic E-state index is 13.8. The van der Waals surface area contributed by atoms with Crippen LogP contribution in [-0.4, -0.2) is 40.8 Å². The fourth-order valence-corrected chi connectivity index (χ4v) is 4.95. The van der Waals surface area contributed by atoms with Crippen LogP contribution in [0.25, 0.3) is 11.5 Å². The third-order valence-corrected chi connectivity index (χ3v) is 7.03. The van der Waals surface area contributed by atoms with Gasteiger partial charge in [0, 0.05) is 6.07 Å². The van der Waals surface area contributed by atoms with Crippen molar-refractivity contribution in [3.8, 4) is 34.5 Å². The first kappa shape index (κ1) is 22.6. The lowest BCUT2D eigenvalue weighted by Crippen LogP contribution is -2.16. The summed E-state index contributed by atoms with van der Waals surface area (Å²) in [5.41, 5.74) is 1.01. The molecule has 9 nitrogen and oxygen atoms in total. The van der Waals surface area contributed by atoms with Gasteiger partial charge < -0.3 is 28.7 Å². The molecule has 0 unspecified atom stereocenters. The molecule has 0 saturated carbocycles. The third-order valence-electron chi connectivity index (χ3n) is 5.37. The number of fused-ring (bicyclic) bond motifs is 1. The smallest absolute Gasteiger partial charge is 0.238 e. The molecule has 1 aliphatic heterocycles. The van der Waals surface area contributed by atoms with E-state index in [1.807, 2.05) is 0 Å². The minimum Gasteiger partial charge on any atom is -0.496 e. The molecule has 10 heteroatoms. The van der Waals surface area contributed by atoms with Crippen molar-refractivity contribution in [1.82, 2.24) is 4.98 Å². The van der Waals surface area contributed by atoms with Crippen LogP contribution >= 0.6 is 0 Å². The number of para-hydroxylation sites is 3. The summed E-state index contributed by atoms with van der Waals surface area (Å²) in [6.07, 6.45) is 0. The first-order chi connectivity index (χ1) is 17.0. The normalized spacial score (nSPS) is 12.7. The van der Waals surface area contributed by atoms with E-state index in [1.54, 1.807) is 54.6 Å². The Balaban J connectivity index is 1.65. The van der Waals surface area contributed by atoms with Crippen LogP contribution in [0.2, 0.25) is 0 Å². The Morgan fingerprint density at radius 2 is 1.54 bits per heavy atom. The Kier molecular flexibility index (Phi) is 5.96. The van der Waals surface area contributed by atoms with E-state index in [2.05, 4.69) is 10.3 Å². The second kappa shape index (κ2) is 9.22. The third kappa shape index (κ3) is 4.24. The Labute approximate surface area is 202 Å². The molecule has 1 N–H and O–H groups in total. The number of hydrogen-bond acceptors (Lipinski definition) is 9. The summed E-state index contributed by atoms with van der Waals surface area (Å²) >= 11 is 0. The number of nitrogens with one attached hydrogen (secondary N) is 1. The molecule has 180 valence electrons. The fourth-order valence-electron chi connectivity index (χ4n) is 3.68. The summed E-state index contributed by atoms with van der Waals surface area (Å²) < 4.78 is 55.4. The van der Waals surface area contributed by atoms with Gasteiger partial charge in [-0.1, -0.05) is 24.3 Å². The lowest BCUT2D eigenvalue weighted by molar-refractivity contribution is 0.171. The molecule has 0 amide bonds. The molecule has 3 aromatic carbocycles. The summed E-state index contributed by atoms with van der Waals surface area (Å²) in [5, 5.41) is 2.74. The molecular weight excluding hydrogens is 472 g/mol. The van der Waals surface area contributed by atoms with E-state index in [0.29, 0.717) is 47.5 Å². The molecule has 2 heterocycles. The number of anilines is 2. The first-order valence-electron chi connectivity index (χ1n) is 10.7. The van der Waals surface area contributed by atoms with Crippen molar-refractivity contribution in [3.63, 3.8) is 0 Å². The molecule has 5 rings (SSSR count). The van der Waals surface area contributed by atoms with Crippen molar-refractivity contribution in [1.29, 1.82) is 0 Å². The molecule has 1 aromatic heterocycles. The number of methoxy groups -OCH3 is 2. The number of nitrogens with zero attached hydrogens (tertiary/aromatic N) is 1. The van der Waals surface area contributed by atoms with Crippen LogP contribution < -0.4 is 24.3 Å². The van der Waals surface area contributed by atoms with Crippen molar-refractivity contribution in [2.75, 3.05) is 32.8 Å². The Hall–Kier alpha value is -4.18. The molecular formula is C25H22N2O7S. The number of aromatic nitrogens is 1. The average molecular weight is 495 g/mol. The van der Waals surface area contributed by atoms with Crippen molar-refractivity contribution >= 4 is 21.4 Å². The Morgan fingerprint density at radius 3 is 2.31 bits per heavy atom. The van der Waals surface area contributed by atoms with Gasteiger partial charge in [0.2, 0.25) is 26.6 Å². The van der Waals surface area contributed by atoms with E-state index in [4.69, 9.17) is 23.4 Å². The summed E-state index contributed by atoms with van der Waals surface area (Å²) in [4.78, 5) is 4.38. The van der Waals surface area contributed by atoms with Gasteiger partial charge in [-0.05, 0) is 36.4 Å². The van der Waals surface area contributed by atoms with Gasteiger partial charge >= 0.3 is 0 Å². The molecule has 4 aromatic rings. The molecule has 0 spiro atoms. The minimum atomic E-state index is -4.13. The highest BCUT2D eigenvalue weighted by atomic mass is 32.2. The highest BCUT2D eigenvalue weighted by Gasteiger charge is 2.31. The predicted octanol–water partition coefficient (Wildman–Crippen LogP) is 4.71. The summed E-state index contributed by atoms with van der Waals surface area (Å²) in [6.45, 7) is 0.733. The SMILES string of the molecule is COc1ccccc1Nc1oc(-c2ccccc2OC)nc1S(=O)(=O)c1ccc2c(c1)OCCO2. The number of sulfone groups is 1. The van der Waals surface area contributed by atoms with E-state index in [9.17, 15) is 8.42 Å². The summed E-state index contributed by atoms with van der Waals surface area (Å²) in [5.74, 6) is 1.84. The van der Waals surface area contributed by atoms with E-state index in [-0.39, 0.29) is 21.7 Å². The van der Waals surface area contributed by atoms with Gasteiger partial charge in [-0.15, -0.1) is 0 Å². The lowest BCUT2D eigenvalue weighted by Gasteiger charge is -2.18. The van der Waals surface area contributed by atoms with Gasteiger partial charge in [-0.25, -0.2) is 8.42 Å². The Bertz CT molecular complexity index is 1480. The molecule has 0 atom stereocenters. The fraction of sp³-hybridized carbons (Fsp3) is 0.160. The Morgan fingerprint density at radius 1 is 0.857 bits per heavy atom.